The van der Waals surface area contributed by atoms with E-state index in [1.165, 1.54) is 38.4 Å². The maximum atomic E-state index is 14.7. The number of nitrogens with one attached hydrogen (secondary N) is 3. The molecule has 8 nitrogen and oxygen atoms in total. The van der Waals surface area contributed by atoms with Gasteiger partial charge in [0.2, 0.25) is 5.91 Å². The highest BCUT2D eigenvalue weighted by molar-refractivity contribution is 5.94. The van der Waals surface area contributed by atoms with Gasteiger partial charge in [0.15, 0.2) is 0 Å². The standard InChI is InChI=1S/C26H39FN6O2/c27-22-7-6-19(18-23-24-20(5-4-8-28-24)25(34)30-29-23)17-21(22)26(35)33-15-13-32(14-16-33)12-11-31-9-2-1-3-10-31/h6-7,17,20,23-24,28-29H,1-5,8-16,18H2,(H,30,34). The molecule has 4 saturated heterocycles. The number of piperazine rings is 1. The van der Waals surface area contributed by atoms with E-state index in [4.69, 9.17) is 0 Å². The number of hydrogen-bond donors (Lipinski definition) is 3. The zero-order chi connectivity index (χ0) is 24.2. The van der Waals surface area contributed by atoms with Gasteiger partial charge in [-0.3, -0.25) is 19.9 Å². The molecule has 0 radical (unpaired) electrons. The molecule has 1 aromatic rings. The van der Waals surface area contributed by atoms with Crippen molar-refractivity contribution in [1.82, 2.24) is 30.9 Å². The average molecular weight is 487 g/mol. The third-order valence-electron chi connectivity index (χ3n) is 8.21. The lowest BCUT2D eigenvalue weighted by Gasteiger charge is -2.41. The molecule has 5 rings (SSSR count). The van der Waals surface area contributed by atoms with Crippen molar-refractivity contribution in [3.63, 3.8) is 0 Å². The fourth-order valence-corrected chi connectivity index (χ4v) is 6.08. The van der Waals surface area contributed by atoms with Gasteiger partial charge in [-0.2, -0.15) is 0 Å². The van der Waals surface area contributed by atoms with Gasteiger partial charge in [-0.05, 0) is 69.4 Å². The summed E-state index contributed by atoms with van der Waals surface area (Å²) in [5.74, 6) is -0.713. The summed E-state index contributed by atoms with van der Waals surface area (Å²) in [5.41, 5.74) is 6.97. The maximum absolute atomic E-state index is 14.7. The van der Waals surface area contributed by atoms with Crippen LogP contribution in [0.3, 0.4) is 0 Å². The molecule has 3 unspecified atom stereocenters. The topological polar surface area (TPSA) is 80.0 Å². The monoisotopic (exact) mass is 486 g/mol. The third-order valence-corrected chi connectivity index (χ3v) is 8.21. The Morgan fingerprint density at radius 1 is 0.971 bits per heavy atom. The quantitative estimate of drug-likeness (QED) is 0.557. The van der Waals surface area contributed by atoms with Crippen molar-refractivity contribution < 1.29 is 14.0 Å². The Hall–Kier alpha value is -2.07. The summed E-state index contributed by atoms with van der Waals surface area (Å²) in [6, 6.07) is 4.90. The van der Waals surface area contributed by atoms with Crippen molar-refractivity contribution in [3.8, 4) is 0 Å². The van der Waals surface area contributed by atoms with E-state index in [1.807, 2.05) is 0 Å². The molecule has 3 N–H and O–H groups in total. The van der Waals surface area contributed by atoms with E-state index in [9.17, 15) is 14.0 Å². The number of piperidine rings is 2. The number of carbonyl (C=O) groups excluding carboxylic acids is 2. The van der Waals surface area contributed by atoms with E-state index < -0.39 is 5.82 Å². The van der Waals surface area contributed by atoms with Crippen molar-refractivity contribution in [1.29, 1.82) is 0 Å². The molecule has 0 aromatic heterocycles. The molecule has 0 spiro atoms. The van der Waals surface area contributed by atoms with Crippen molar-refractivity contribution in [3.05, 3.63) is 35.1 Å². The van der Waals surface area contributed by atoms with Crippen molar-refractivity contribution >= 4 is 11.8 Å². The molecule has 9 heteroatoms. The Morgan fingerprint density at radius 2 is 1.71 bits per heavy atom. The zero-order valence-electron chi connectivity index (χ0n) is 20.6. The number of likely N-dealkylation sites (tertiary alicyclic amines) is 1. The van der Waals surface area contributed by atoms with Gasteiger partial charge in [0.1, 0.15) is 5.82 Å². The van der Waals surface area contributed by atoms with Crippen LogP contribution in [-0.4, -0.2) is 97.5 Å². The van der Waals surface area contributed by atoms with Crippen LogP contribution in [0, 0.1) is 11.7 Å². The van der Waals surface area contributed by atoms with Gasteiger partial charge < -0.3 is 15.1 Å². The third kappa shape index (κ3) is 5.85. The van der Waals surface area contributed by atoms with Crippen molar-refractivity contribution in [2.75, 3.05) is 58.9 Å². The Labute approximate surface area is 207 Å². The number of fused-ring (bicyclic) bond motifs is 1. The second kappa shape index (κ2) is 11.3. The number of carbonyl (C=O) groups is 2. The first-order valence-corrected chi connectivity index (χ1v) is 13.4. The first kappa shape index (κ1) is 24.6. The molecular weight excluding hydrogens is 447 g/mol. The lowest BCUT2D eigenvalue weighted by molar-refractivity contribution is -0.131. The van der Waals surface area contributed by atoms with E-state index in [2.05, 4.69) is 26.0 Å². The largest absolute Gasteiger partial charge is 0.336 e. The molecule has 3 atom stereocenters. The Morgan fingerprint density at radius 3 is 2.49 bits per heavy atom. The molecule has 4 aliphatic rings. The molecule has 2 amide bonds. The average Bonchev–Trinajstić information content (AvgIpc) is 2.91. The van der Waals surface area contributed by atoms with E-state index in [0.29, 0.717) is 19.5 Å². The van der Waals surface area contributed by atoms with Gasteiger partial charge in [-0.15, -0.1) is 0 Å². The number of benzene rings is 1. The fraction of sp³-hybridized carbons (Fsp3) is 0.692. The minimum Gasteiger partial charge on any atom is -0.336 e. The first-order chi connectivity index (χ1) is 17.1. The van der Waals surface area contributed by atoms with E-state index in [-0.39, 0.29) is 35.4 Å². The van der Waals surface area contributed by atoms with Gasteiger partial charge >= 0.3 is 0 Å². The highest BCUT2D eigenvalue weighted by Gasteiger charge is 2.40. The van der Waals surface area contributed by atoms with Crippen LogP contribution in [0.2, 0.25) is 0 Å². The summed E-state index contributed by atoms with van der Waals surface area (Å²) in [7, 11) is 0. The predicted octanol–water partition coefficient (Wildman–Crippen LogP) is 0.983. The molecule has 1 aromatic carbocycles. The molecule has 4 heterocycles. The minimum absolute atomic E-state index is 0.00476. The summed E-state index contributed by atoms with van der Waals surface area (Å²) in [4.78, 5) is 32.2. The van der Waals surface area contributed by atoms with E-state index in [0.717, 1.165) is 51.1 Å². The number of rotatable bonds is 6. The Balaban J connectivity index is 1.16. The van der Waals surface area contributed by atoms with Crippen LogP contribution >= 0.6 is 0 Å². The SMILES string of the molecule is O=C1NNC(Cc2ccc(F)c(C(=O)N3CCN(CCN4CCCCC4)CC3)c2)C2NCCCC12. The van der Waals surface area contributed by atoms with Crippen LogP contribution in [0.5, 0.6) is 0 Å². The number of hydrogen-bond acceptors (Lipinski definition) is 6. The highest BCUT2D eigenvalue weighted by Crippen LogP contribution is 2.24. The van der Waals surface area contributed by atoms with Crippen LogP contribution in [0.4, 0.5) is 4.39 Å². The summed E-state index contributed by atoms with van der Waals surface area (Å²) < 4.78 is 14.7. The second-order valence-corrected chi connectivity index (χ2v) is 10.5. The van der Waals surface area contributed by atoms with Gasteiger partial charge in [0, 0.05) is 51.4 Å². The molecular formula is C26H39FN6O2. The smallest absolute Gasteiger partial charge is 0.256 e. The molecule has 4 fully saturated rings. The van der Waals surface area contributed by atoms with E-state index in [1.54, 1.807) is 17.0 Å². The molecule has 0 bridgehead atoms. The second-order valence-electron chi connectivity index (χ2n) is 10.5. The maximum Gasteiger partial charge on any atom is 0.256 e. The summed E-state index contributed by atoms with van der Waals surface area (Å²) in [5, 5.41) is 3.48. The first-order valence-electron chi connectivity index (χ1n) is 13.4. The molecule has 0 aliphatic carbocycles. The number of halogens is 1. The van der Waals surface area contributed by atoms with Gasteiger partial charge in [0.25, 0.3) is 5.91 Å². The lowest BCUT2D eigenvalue weighted by atomic mass is 9.82. The highest BCUT2D eigenvalue weighted by atomic mass is 19.1. The predicted molar refractivity (Wildman–Crippen MR) is 132 cm³/mol. The fourth-order valence-electron chi connectivity index (χ4n) is 6.08. The molecule has 35 heavy (non-hydrogen) atoms. The van der Waals surface area contributed by atoms with Crippen LogP contribution in [-0.2, 0) is 11.2 Å². The van der Waals surface area contributed by atoms with Crippen molar-refractivity contribution in [2.45, 2.75) is 50.6 Å². The van der Waals surface area contributed by atoms with Gasteiger partial charge in [-0.25, -0.2) is 9.82 Å². The summed E-state index contributed by atoms with van der Waals surface area (Å²) in [6.07, 6.45) is 6.42. The van der Waals surface area contributed by atoms with Crippen LogP contribution in [0.15, 0.2) is 18.2 Å². The van der Waals surface area contributed by atoms with Gasteiger partial charge in [0.05, 0.1) is 11.5 Å². The summed E-state index contributed by atoms with van der Waals surface area (Å²) in [6.45, 7) is 8.36. The molecule has 4 aliphatic heterocycles. The van der Waals surface area contributed by atoms with Crippen molar-refractivity contribution in [2.24, 2.45) is 5.92 Å². The number of hydrazine groups is 1. The Bertz CT molecular complexity index is 900. The van der Waals surface area contributed by atoms with Crippen LogP contribution < -0.4 is 16.2 Å². The van der Waals surface area contributed by atoms with Crippen LogP contribution in [0.25, 0.3) is 0 Å². The molecule has 0 saturated carbocycles. The van der Waals surface area contributed by atoms with Gasteiger partial charge in [-0.1, -0.05) is 12.5 Å². The minimum atomic E-state index is -0.468. The molecule has 192 valence electrons. The Kier molecular flexibility index (Phi) is 7.97. The van der Waals surface area contributed by atoms with E-state index >= 15 is 0 Å². The lowest BCUT2D eigenvalue weighted by Crippen LogP contribution is -2.67. The van der Waals surface area contributed by atoms with Crippen LogP contribution in [0.1, 0.15) is 48.0 Å². The number of amides is 2. The summed E-state index contributed by atoms with van der Waals surface area (Å²) >= 11 is 0. The number of nitrogens with zero attached hydrogens (tertiary/aromatic N) is 3. The normalized spacial score (nSPS) is 28.4. The zero-order valence-corrected chi connectivity index (χ0v) is 20.6.